The standard InChI is InChI=1S/C10H10N6S/c1-2-8(17-5-1)3-4-12-9-6-11-7-10-13-14-15-16(9)10/h1-2,5-7,12H,3-4H2. The Labute approximate surface area is 101 Å². The van der Waals surface area contributed by atoms with E-state index in [9.17, 15) is 0 Å². The predicted molar refractivity (Wildman–Crippen MR) is 65.1 cm³/mol. The molecule has 3 rings (SSSR count). The lowest BCUT2D eigenvalue weighted by Crippen LogP contribution is -2.08. The highest BCUT2D eigenvalue weighted by Crippen LogP contribution is 2.10. The first kappa shape index (κ1) is 10.2. The van der Waals surface area contributed by atoms with Gasteiger partial charge in [-0.3, -0.25) is 4.98 Å². The van der Waals surface area contributed by atoms with Gasteiger partial charge in [0.2, 0.25) is 0 Å². The number of tetrazole rings is 1. The molecule has 3 aromatic heterocycles. The third kappa shape index (κ3) is 2.09. The SMILES string of the molecule is c1csc(CCNc2cncc3nnnn23)c1. The van der Waals surface area contributed by atoms with Crippen molar-refractivity contribution >= 4 is 22.8 Å². The minimum absolute atomic E-state index is 0.645. The van der Waals surface area contributed by atoms with E-state index in [2.05, 4.69) is 43.3 Å². The van der Waals surface area contributed by atoms with Gasteiger partial charge in [-0.15, -0.1) is 16.4 Å². The van der Waals surface area contributed by atoms with Crippen LogP contribution in [0.5, 0.6) is 0 Å². The number of thiophene rings is 1. The van der Waals surface area contributed by atoms with E-state index in [0.29, 0.717) is 5.65 Å². The van der Waals surface area contributed by atoms with Gasteiger partial charge in [-0.25, -0.2) is 0 Å². The summed E-state index contributed by atoms with van der Waals surface area (Å²) in [7, 11) is 0. The normalized spacial score (nSPS) is 10.8. The molecule has 0 aliphatic rings. The zero-order valence-corrected chi connectivity index (χ0v) is 9.76. The average molecular weight is 246 g/mol. The minimum Gasteiger partial charge on any atom is -0.368 e. The van der Waals surface area contributed by atoms with Crippen LogP contribution in [0.3, 0.4) is 0 Å². The molecule has 0 atom stereocenters. The van der Waals surface area contributed by atoms with Crippen LogP contribution in [0.4, 0.5) is 5.82 Å². The van der Waals surface area contributed by atoms with E-state index < -0.39 is 0 Å². The number of fused-ring (bicyclic) bond motifs is 1. The first-order valence-electron chi connectivity index (χ1n) is 5.22. The molecule has 0 saturated heterocycles. The Morgan fingerprint density at radius 1 is 1.35 bits per heavy atom. The van der Waals surface area contributed by atoms with E-state index in [1.54, 1.807) is 28.2 Å². The van der Waals surface area contributed by atoms with E-state index in [-0.39, 0.29) is 0 Å². The van der Waals surface area contributed by atoms with Crippen molar-refractivity contribution < 1.29 is 0 Å². The summed E-state index contributed by atoms with van der Waals surface area (Å²) in [4.78, 5) is 5.43. The van der Waals surface area contributed by atoms with E-state index >= 15 is 0 Å². The molecule has 0 saturated carbocycles. The first-order chi connectivity index (χ1) is 8.43. The van der Waals surface area contributed by atoms with Crippen molar-refractivity contribution in [1.29, 1.82) is 0 Å². The van der Waals surface area contributed by atoms with Crippen molar-refractivity contribution in [1.82, 2.24) is 25.0 Å². The molecule has 0 bridgehead atoms. The highest BCUT2D eigenvalue weighted by Gasteiger charge is 2.03. The third-order valence-corrected chi connectivity index (χ3v) is 3.30. The maximum absolute atomic E-state index is 4.08. The van der Waals surface area contributed by atoms with Gasteiger partial charge in [0.25, 0.3) is 0 Å². The molecule has 0 aliphatic heterocycles. The molecule has 0 fully saturated rings. The van der Waals surface area contributed by atoms with Crippen LogP contribution in [0.2, 0.25) is 0 Å². The van der Waals surface area contributed by atoms with Crippen molar-refractivity contribution in [3.8, 4) is 0 Å². The summed E-state index contributed by atoms with van der Waals surface area (Å²) in [5, 5.41) is 16.7. The molecule has 0 spiro atoms. The lowest BCUT2D eigenvalue weighted by atomic mass is 10.3. The van der Waals surface area contributed by atoms with Crippen molar-refractivity contribution in [3.63, 3.8) is 0 Å². The predicted octanol–water partition coefficient (Wildman–Crippen LogP) is 1.24. The summed E-state index contributed by atoms with van der Waals surface area (Å²) in [6, 6.07) is 4.19. The fourth-order valence-corrected chi connectivity index (χ4v) is 2.27. The number of hydrogen-bond acceptors (Lipinski definition) is 6. The Hall–Kier alpha value is -2.02. The molecule has 86 valence electrons. The summed E-state index contributed by atoms with van der Waals surface area (Å²) in [5.41, 5.74) is 0.645. The zero-order valence-electron chi connectivity index (χ0n) is 8.95. The minimum atomic E-state index is 0.645. The summed E-state index contributed by atoms with van der Waals surface area (Å²) in [6.45, 7) is 0.834. The van der Waals surface area contributed by atoms with Crippen LogP contribution in [-0.4, -0.2) is 31.6 Å². The van der Waals surface area contributed by atoms with Gasteiger partial charge in [0.05, 0.1) is 12.4 Å². The number of anilines is 1. The van der Waals surface area contributed by atoms with Crippen molar-refractivity contribution in [2.24, 2.45) is 0 Å². The summed E-state index contributed by atoms with van der Waals surface area (Å²) in [5.74, 6) is 0.809. The van der Waals surface area contributed by atoms with Crippen LogP contribution >= 0.6 is 11.3 Å². The fourth-order valence-electron chi connectivity index (χ4n) is 1.56. The maximum atomic E-state index is 4.08. The first-order valence-corrected chi connectivity index (χ1v) is 6.10. The van der Waals surface area contributed by atoms with Gasteiger partial charge in [0, 0.05) is 11.4 Å². The molecule has 0 aromatic carbocycles. The van der Waals surface area contributed by atoms with Gasteiger partial charge in [-0.05, 0) is 28.3 Å². The fraction of sp³-hybridized carbons (Fsp3) is 0.200. The molecule has 0 amide bonds. The van der Waals surface area contributed by atoms with E-state index in [0.717, 1.165) is 18.8 Å². The molecule has 0 radical (unpaired) electrons. The van der Waals surface area contributed by atoms with Crippen LogP contribution in [-0.2, 0) is 6.42 Å². The van der Waals surface area contributed by atoms with Crippen LogP contribution < -0.4 is 5.32 Å². The van der Waals surface area contributed by atoms with E-state index in [1.807, 2.05) is 0 Å². The molecular formula is C10H10N6S. The van der Waals surface area contributed by atoms with E-state index in [1.165, 1.54) is 4.88 Å². The molecule has 3 heterocycles. The molecule has 1 N–H and O–H groups in total. The van der Waals surface area contributed by atoms with Crippen LogP contribution in [0, 0.1) is 0 Å². The monoisotopic (exact) mass is 246 g/mol. The Kier molecular flexibility index (Phi) is 2.66. The summed E-state index contributed by atoms with van der Waals surface area (Å²) >= 11 is 1.76. The smallest absolute Gasteiger partial charge is 0.199 e. The van der Waals surface area contributed by atoms with Crippen LogP contribution in [0.15, 0.2) is 29.9 Å². The summed E-state index contributed by atoms with van der Waals surface area (Å²) in [6.07, 6.45) is 4.33. The highest BCUT2D eigenvalue weighted by atomic mass is 32.1. The molecular weight excluding hydrogens is 236 g/mol. The number of rotatable bonds is 4. The summed E-state index contributed by atoms with van der Waals surface area (Å²) < 4.78 is 1.64. The van der Waals surface area contributed by atoms with Crippen molar-refractivity contribution in [2.75, 3.05) is 11.9 Å². The lowest BCUT2D eigenvalue weighted by molar-refractivity contribution is 0.818. The Bertz CT molecular complexity index is 602. The molecule has 7 heteroatoms. The highest BCUT2D eigenvalue weighted by molar-refractivity contribution is 7.09. The van der Waals surface area contributed by atoms with Gasteiger partial charge in [-0.1, -0.05) is 6.07 Å². The number of hydrogen-bond donors (Lipinski definition) is 1. The molecule has 17 heavy (non-hydrogen) atoms. The van der Waals surface area contributed by atoms with Gasteiger partial charge >= 0.3 is 0 Å². The largest absolute Gasteiger partial charge is 0.368 e. The number of nitrogens with one attached hydrogen (secondary N) is 1. The maximum Gasteiger partial charge on any atom is 0.199 e. The van der Waals surface area contributed by atoms with Gasteiger partial charge in [0.1, 0.15) is 5.82 Å². The number of aromatic nitrogens is 5. The quantitative estimate of drug-likeness (QED) is 0.750. The molecule has 0 unspecified atom stereocenters. The average Bonchev–Trinajstić information content (AvgIpc) is 2.99. The Morgan fingerprint density at radius 2 is 2.35 bits per heavy atom. The van der Waals surface area contributed by atoms with Gasteiger partial charge in [0.15, 0.2) is 5.65 Å². The third-order valence-electron chi connectivity index (χ3n) is 2.37. The lowest BCUT2D eigenvalue weighted by Gasteiger charge is -2.05. The Balaban J connectivity index is 1.70. The van der Waals surface area contributed by atoms with Gasteiger partial charge < -0.3 is 5.32 Å². The van der Waals surface area contributed by atoms with E-state index in [4.69, 9.17) is 0 Å². The van der Waals surface area contributed by atoms with Crippen LogP contribution in [0.1, 0.15) is 4.88 Å². The van der Waals surface area contributed by atoms with Crippen LogP contribution in [0.25, 0.3) is 5.65 Å². The molecule has 3 aromatic rings. The zero-order chi connectivity index (χ0) is 11.5. The topological polar surface area (TPSA) is 68.0 Å². The second-order valence-corrected chi connectivity index (χ2v) is 4.53. The molecule has 0 aliphatic carbocycles. The van der Waals surface area contributed by atoms with Gasteiger partial charge in [-0.2, -0.15) is 4.52 Å². The second kappa shape index (κ2) is 4.46. The number of nitrogens with zero attached hydrogens (tertiary/aromatic N) is 5. The second-order valence-electron chi connectivity index (χ2n) is 3.50. The Morgan fingerprint density at radius 3 is 3.24 bits per heavy atom. The molecule has 6 nitrogen and oxygen atoms in total. The van der Waals surface area contributed by atoms with Crippen molar-refractivity contribution in [2.45, 2.75) is 6.42 Å². The van der Waals surface area contributed by atoms with Crippen molar-refractivity contribution in [3.05, 3.63) is 34.8 Å².